The molecule has 34 heavy (non-hydrogen) atoms. The van der Waals surface area contributed by atoms with Gasteiger partial charge in [-0.25, -0.2) is 0 Å². The fourth-order valence-electron chi connectivity index (χ4n) is 3.70. The van der Waals surface area contributed by atoms with Gasteiger partial charge in [0.25, 0.3) is 30.4 Å². The standard InChI is InChI=1S/C17H9NO9S4.3Na/c19-29(20,21)13-6-14(30(22,23)24)10-3-4-11-15-8(1-2-9(13)16(10)15)5-12(18-7-28)17(11)31(25,26)27;;;/h1-6H,(H,19,20,21)(H,22,23,24)(H,25,26,27);;;. The molecule has 10 nitrogen and oxygen atoms in total. The molecule has 0 unspecified atom stereocenters. The number of hydrogen-bond donors (Lipinski definition) is 3. The summed E-state index contributed by atoms with van der Waals surface area (Å²) in [5, 5.41) is 1.91. The van der Waals surface area contributed by atoms with Gasteiger partial charge in [0.2, 0.25) is 0 Å². The van der Waals surface area contributed by atoms with E-state index in [2.05, 4.69) is 17.2 Å². The minimum Gasteiger partial charge on any atom is -0.282 e. The molecule has 0 aromatic heterocycles. The van der Waals surface area contributed by atoms with Gasteiger partial charge in [-0.2, -0.15) is 30.2 Å². The smallest absolute Gasteiger partial charge is 0.282 e. The van der Waals surface area contributed by atoms with Crippen LogP contribution < -0.4 is 0 Å². The maximum atomic E-state index is 12.1. The van der Waals surface area contributed by atoms with Crippen LogP contribution in [0, 0.1) is 0 Å². The number of isothiocyanates is 1. The van der Waals surface area contributed by atoms with E-state index in [1.807, 2.05) is 5.16 Å². The SMILES string of the molecule is O=S(=O)(O)c1c(N=C=S)cc2ccc3c(S(=O)(=O)O)cc(S(=O)(=O)O)c4ccc1c2c34.[Na].[Na].[Na]. The third-order valence-electron chi connectivity index (χ3n) is 4.74. The topological polar surface area (TPSA) is 175 Å². The summed E-state index contributed by atoms with van der Waals surface area (Å²) in [4.78, 5) is 1.39. The summed E-state index contributed by atoms with van der Waals surface area (Å²) in [6.45, 7) is 0. The van der Waals surface area contributed by atoms with E-state index in [0.717, 1.165) is 6.07 Å². The van der Waals surface area contributed by atoms with E-state index in [1.54, 1.807) is 0 Å². The van der Waals surface area contributed by atoms with Crippen molar-refractivity contribution >= 4 is 174 Å². The molecule has 3 radical (unpaired) electrons. The van der Waals surface area contributed by atoms with Gasteiger partial charge in [-0.05, 0) is 35.1 Å². The van der Waals surface area contributed by atoms with Gasteiger partial charge in [-0.3, -0.25) is 13.7 Å². The fourth-order valence-corrected chi connectivity index (χ4v) is 6.12. The Morgan fingerprint density at radius 1 is 0.676 bits per heavy atom. The Morgan fingerprint density at radius 3 is 1.59 bits per heavy atom. The first-order valence-corrected chi connectivity index (χ1v) is 12.8. The Bertz CT molecular complexity index is 1760. The molecular weight excluding hydrogens is 559 g/mol. The summed E-state index contributed by atoms with van der Waals surface area (Å²) < 4.78 is 101. The summed E-state index contributed by atoms with van der Waals surface area (Å²) in [6.07, 6.45) is 0. The molecule has 3 N–H and O–H groups in total. The third kappa shape index (κ3) is 5.64. The van der Waals surface area contributed by atoms with Crippen molar-refractivity contribution in [3.63, 3.8) is 0 Å². The van der Waals surface area contributed by atoms with Crippen LogP contribution >= 0.6 is 12.2 Å². The number of thiocarbonyl (C=S) groups is 1. The van der Waals surface area contributed by atoms with E-state index < -0.39 is 45.0 Å². The Kier molecular flexibility index (Phi) is 10.6. The maximum absolute atomic E-state index is 12.1. The van der Waals surface area contributed by atoms with Crippen LogP contribution in [0.1, 0.15) is 0 Å². The first-order valence-electron chi connectivity index (χ1n) is 8.04. The maximum Gasteiger partial charge on any atom is 0.297 e. The molecule has 0 aliphatic carbocycles. The first kappa shape index (κ1) is 32.5. The van der Waals surface area contributed by atoms with Crippen LogP contribution in [-0.2, 0) is 30.4 Å². The zero-order valence-electron chi connectivity index (χ0n) is 17.8. The Balaban J connectivity index is 0.00000193. The zero-order chi connectivity index (χ0) is 22.9. The number of benzene rings is 4. The van der Waals surface area contributed by atoms with Gasteiger partial charge in [-0.15, -0.1) is 0 Å². The summed E-state index contributed by atoms with van der Waals surface area (Å²) in [7, 11) is -14.8. The molecule has 163 valence electrons. The van der Waals surface area contributed by atoms with Gasteiger partial charge >= 0.3 is 0 Å². The summed E-state index contributed by atoms with van der Waals surface area (Å²) in [6, 6.07) is 6.83. The predicted molar refractivity (Wildman–Crippen MR) is 132 cm³/mol. The van der Waals surface area contributed by atoms with Crippen LogP contribution in [0.4, 0.5) is 5.69 Å². The average molecular weight is 568 g/mol. The Labute approximate surface area is 265 Å². The number of nitrogens with zero attached hydrogens (tertiary/aromatic N) is 1. The molecule has 0 fully saturated rings. The molecule has 0 aliphatic rings. The van der Waals surface area contributed by atoms with Crippen LogP contribution in [0.5, 0.6) is 0 Å². The van der Waals surface area contributed by atoms with Gasteiger partial charge in [-0.1, -0.05) is 24.3 Å². The monoisotopic (exact) mass is 568 g/mol. The number of aliphatic imine (C=N–C) groups is 1. The largest absolute Gasteiger partial charge is 0.297 e. The number of rotatable bonds is 4. The minimum absolute atomic E-state index is 0. The first-order chi connectivity index (χ1) is 14.2. The normalized spacial score (nSPS) is 12.0. The van der Waals surface area contributed by atoms with Crippen molar-refractivity contribution in [2.24, 2.45) is 4.99 Å². The summed E-state index contributed by atoms with van der Waals surface area (Å²) >= 11 is 4.52. The summed E-state index contributed by atoms with van der Waals surface area (Å²) in [5.74, 6) is 0. The van der Waals surface area contributed by atoms with Gasteiger partial charge in [0.15, 0.2) is 0 Å². The second-order valence-electron chi connectivity index (χ2n) is 6.47. The Hall–Kier alpha value is 0.450. The molecule has 4 rings (SSSR count). The second-order valence-corrected chi connectivity index (χ2v) is 10.8. The summed E-state index contributed by atoms with van der Waals surface area (Å²) in [5.41, 5.74) is -0.242. The van der Waals surface area contributed by atoms with E-state index in [0.29, 0.717) is 11.5 Å². The Morgan fingerprint density at radius 2 is 1.15 bits per heavy atom. The zero-order valence-corrected chi connectivity index (χ0v) is 27.1. The van der Waals surface area contributed by atoms with E-state index in [4.69, 9.17) is 0 Å². The van der Waals surface area contributed by atoms with Crippen LogP contribution in [0.15, 0.2) is 56.1 Å². The van der Waals surface area contributed by atoms with Crippen molar-refractivity contribution in [3.05, 3.63) is 36.4 Å². The quantitative estimate of drug-likeness (QED) is 0.108. The predicted octanol–water partition coefficient (Wildman–Crippen LogP) is 1.92. The molecule has 0 atom stereocenters. The molecule has 17 heteroatoms. The van der Waals surface area contributed by atoms with Crippen LogP contribution in [0.2, 0.25) is 0 Å². The molecule has 0 bridgehead atoms. The third-order valence-corrected chi connectivity index (χ3v) is 7.56. The molecule has 4 aromatic carbocycles. The van der Waals surface area contributed by atoms with E-state index >= 15 is 0 Å². The van der Waals surface area contributed by atoms with Crippen molar-refractivity contribution in [3.8, 4) is 0 Å². The molecule has 0 amide bonds. The van der Waals surface area contributed by atoms with E-state index in [1.165, 1.54) is 24.3 Å². The molecule has 0 saturated carbocycles. The van der Waals surface area contributed by atoms with Crippen molar-refractivity contribution in [1.29, 1.82) is 0 Å². The molecule has 0 spiro atoms. The van der Waals surface area contributed by atoms with Crippen molar-refractivity contribution < 1.29 is 38.9 Å². The van der Waals surface area contributed by atoms with Gasteiger partial charge < -0.3 is 0 Å². The average Bonchev–Trinajstić information content (AvgIpc) is 2.62. The van der Waals surface area contributed by atoms with Crippen LogP contribution in [-0.4, -0.2) is 133 Å². The fraction of sp³-hybridized carbons (Fsp3) is 0. The molecular formula is C17H9NNa3O9S4. The molecule has 0 saturated heterocycles. The van der Waals surface area contributed by atoms with Gasteiger partial charge in [0.05, 0.1) is 10.8 Å². The van der Waals surface area contributed by atoms with Gasteiger partial charge in [0.1, 0.15) is 14.7 Å². The van der Waals surface area contributed by atoms with Crippen molar-refractivity contribution in [2.45, 2.75) is 14.7 Å². The molecule has 0 aliphatic heterocycles. The molecule has 4 aromatic rings. The molecule has 0 heterocycles. The van der Waals surface area contributed by atoms with E-state index in [-0.39, 0.29) is 121 Å². The van der Waals surface area contributed by atoms with Crippen LogP contribution in [0.25, 0.3) is 32.3 Å². The van der Waals surface area contributed by atoms with Gasteiger partial charge in [0, 0.05) is 110 Å². The van der Waals surface area contributed by atoms with Crippen LogP contribution in [0.3, 0.4) is 0 Å². The van der Waals surface area contributed by atoms with E-state index in [9.17, 15) is 38.9 Å². The van der Waals surface area contributed by atoms with Crippen molar-refractivity contribution in [2.75, 3.05) is 0 Å². The number of hydrogen-bond acceptors (Lipinski definition) is 8. The minimum atomic E-state index is -4.95. The second kappa shape index (κ2) is 11.1. The van der Waals surface area contributed by atoms with Crippen molar-refractivity contribution in [1.82, 2.24) is 0 Å².